The van der Waals surface area contributed by atoms with Gasteiger partial charge in [0.05, 0.1) is 0 Å². The van der Waals surface area contributed by atoms with Crippen molar-refractivity contribution in [2.45, 2.75) is 25.0 Å². The third-order valence-corrected chi connectivity index (χ3v) is 3.19. The first kappa shape index (κ1) is 16.8. The summed E-state index contributed by atoms with van der Waals surface area (Å²) < 4.78 is 4.60. The monoisotopic (exact) mass is 296 g/mol. The van der Waals surface area contributed by atoms with Crippen LogP contribution in [0.4, 0.5) is 0 Å². The van der Waals surface area contributed by atoms with Crippen LogP contribution < -0.4 is 0 Å². The van der Waals surface area contributed by atoms with E-state index in [0.717, 1.165) is 13.8 Å². The molecule has 7 heteroatoms. The lowest BCUT2D eigenvalue weighted by Gasteiger charge is -2.32. The van der Waals surface area contributed by atoms with E-state index in [-0.39, 0.29) is 0 Å². The number of ketones is 1. The van der Waals surface area contributed by atoms with Gasteiger partial charge in [0.1, 0.15) is 0 Å². The molecule has 0 spiro atoms. The van der Waals surface area contributed by atoms with E-state index < -0.39 is 35.5 Å². The lowest BCUT2D eigenvalue weighted by atomic mass is 9.86. The lowest BCUT2D eigenvalue weighted by Crippen LogP contribution is -2.60. The number of hydrogen-bond donors (Lipinski definition) is 3. The van der Waals surface area contributed by atoms with Crippen molar-refractivity contribution < 1.29 is 34.4 Å². The summed E-state index contributed by atoms with van der Waals surface area (Å²) in [5.74, 6) is -3.72. The molecule has 0 radical (unpaired) electrons. The van der Waals surface area contributed by atoms with E-state index in [1.807, 2.05) is 0 Å². The zero-order valence-electron chi connectivity index (χ0n) is 11.6. The highest BCUT2D eigenvalue weighted by Crippen LogP contribution is 2.24. The number of rotatable bonds is 6. The van der Waals surface area contributed by atoms with Crippen molar-refractivity contribution in [1.82, 2.24) is 0 Å². The summed E-state index contributed by atoms with van der Waals surface area (Å²) in [5.41, 5.74) is -5.15. The molecule has 1 aromatic carbocycles. The zero-order valence-corrected chi connectivity index (χ0v) is 11.6. The number of carboxylic acids is 1. The van der Waals surface area contributed by atoms with Crippen LogP contribution >= 0.6 is 0 Å². The first-order valence-electron chi connectivity index (χ1n) is 6.04. The van der Waals surface area contributed by atoms with Crippen molar-refractivity contribution in [3.63, 3.8) is 0 Å². The second-order valence-electron chi connectivity index (χ2n) is 4.81. The normalized spacial score (nSPS) is 16.4. The van der Waals surface area contributed by atoms with Gasteiger partial charge in [-0.05, 0) is 13.8 Å². The Labute approximate surface area is 120 Å². The number of aliphatic carboxylic acids is 1. The van der Waals surface area contributed by atoms with Crippen LogP contribution in [-0.2, 0) is 14.3 Å². The number of esters is 1. The molecule has 7 nitrogen and oxygen atoms in total. The maximum atomic E-state index is 11.7. The van der Waals surface area contributed by atoms with Gasteiger partial charge >= 0.3 is 11.9 Å². The number of Topliss-reactive ketones (excluding diaryl/α,β-unsaturated/α-hetero) is 1. The maximum Gasteiger partial charge on any atom is 0.341 e. The van der Waals surface area contributed by atoms with Crippen LogP contribution in [0.15, 0.2) is 30.3 Å². The Bertz CT molecular complexity index is 546. The van der Waals surface area contributed by atoms with Gasteiger partial charge in [0.25, 0.3) is 0 Å². The summed E-state index contributed by atoms with van der Waals surface area (Å²) in [5, 5.41) is 28.3. The summed E-state index contributed by atoms with van der Waals surface area (Å²) in [7, 11) is 0. The minimum Gasteiger partial charge on any atom is -0.479 e. The average molecular weight is 296 g/mol. The molecule has 0 saturated carbocycles. The van der Waals surface area contributed by atoms with E-state index in [2.05, 4.69) is 4.74 Å². The molecule has 0 fully saturated rings. The van der Waals surface area contributed by atoms with Gasteiger partial charge in [-0.1, -0.05) is 30.3 Å². The molecule has 1 rings (SSSR count). The third-order valence-electron chi connectivity index (χ3n) is 3.19. The molecular formula is C14H16O7. The van der Waals surface area contributed by atoms with Gasteiger partial charge in [-0.25, -0.2) is 9.59 Å². The first-order valence-corrected chi connectivity index (χ1v) is 6.04. The quantitative estimate of drug-likeness (QED) is 0.499. The molecule has 0 saturated heterocycles. The number of ether oxygens (including phenoxy) is 1. The fourth-order valence-corrected chi connectivity index (χ4v) is 1.39. The van der Waals surface area contributed by atoms with Crippen LogP contribution in [0, 0.1) is 0 Å². The predicted molar refractivity (Wildman–Crippen MR) is 70.6 cm³/mol. The van der Waals surface area contributed by atoms with E-state index in [4.69, 9.17) is 5.11 Å². The highest BCUT2D eigenvalue weighted by Gasteiger charge is 2.55. The second-order valence-corrected chi connectivity index (χ2v) is 4.81. The van der Waals surface area contributed by atoms with E-state index in [0.29, 0.717) is 5.56 Å². The van der Waals surface area contributed by atoms with Crippen molar-refractivity contribution in [1.29, 1.82) is 0 Å². The fraction of sp³-hybridized carbons (Fsp3) is 0.357. The van der Waals surface area contributed by atoms with Gasteiger partial charge in [-0.15, -0.1) is 0 Å². The van der Waals surface area contributed by atoms with Crippen LogP contribution in [0.25, 0.3) is 0 Å². The maximum absolute atomic E-state index is 11.7. The SMILES string of the molecule is CC(O)(C(=O)O)C(C)(O)C(=O)OCC(=O)c1ccccc1. The largest absolute Gasteiger partial charge is 0.479 e. The number of benzene rings is 1. The zero-order chi connectivity index (χ0) is 16.3. The van der Waals surface area contributed by atoms with Crippen LogP contribution in [0.1, 0.15) is 24.2 Å². The molecule has 0 aliphatic heterocycles. The minimum atomic E-state index is -2.75. The Hall–Kier alpha value is -2.25. The van der Waals surface area contributed by atoms with Crippen LogP contribution in [-0.4, -0.2) is 50.9 Å². The molecular weight excluding hydrogens is 280 g/mol. The molecule has 0 heterocycles. The third kappa shape index (κ3) is 3.45. The van der Waals surface area contributed by atoms with E-state index >= 15 is 0 Å². The Balaban J connectivity index is 2.74. The Kier molecular flexibility index (Phi) is 4.82. The average Bonchev–Trinajstić information content (AvgIpc) is 2.44. The Morgan fingerprint density at radius 3 is 2.05 bits per heavy atom. The molecule has 1 aromatic rings. The van der Waals surface area contributed by atoms with Crippen molar-refractivity contribution in [3.8, 4) is 0 Å². The number of carbonyl (C=O) groups is 3. The molecule has 114 valence electrons. The molecule has 2 unspecified atom stereocenters. The van der Waals surface area contributed by atoms with Gasteiger partial charge in [0.2, 0.25) is 0 Å². The van der Waals surface area contributed by atoms with Gasteiger partial charge in [0.15, 0.2) is 23.6 Å². The van der Waals surface area contributed by atoms with Crippen LogP contribution in [0.2, 0.25) is 0 Å². The predicted octanol–water partition coefficient (Wildman–Crippen LogP) is -0.000900. The number of aliphatic hydroxyl groups is 2. The summed E-state index contributed by atoms with van der Waals surface area (Å²) >= 11 is 0. The first-order chi connectivity index (χ1) is 9.60. The van der Waals surface area contributed by atoms with Gasteiger partial charge < -0.3 is 20.1 Å². The van der Waals surface area contributed by atoms with Crippen LogP contribution in [0.3, 0.4) is 0 Å². The van der Waals surface area contributed by atoms with Gasteiger partial charge in [-0.2, -0.15) is 0 Å². The van der Waals surface area contributed by atoms with E-state index in [1.54, 1.807) is 18.2 Å². The minimum absolute atomic E-state index is 0.301. The molecule has 0 bridgehead atoms. The van der Waals surface area contributed by atoms with E-state index in [9.17, 15) is 24.6 Å². The number of carboxylic acid groups (broad SMARTS) is 1. The highest BCUT2D eigenvalue weighted by molar-refractivity contribution is 5.99. The van der Waals surface area contributed by atoms with Crippen molar-refractivity contribution in [2.24, 2.45) is 0 Å². The summed E-state index contributed by atoms with van der Waals surface area (Å²) in [4.78, 5) is 34.3. The molecule has 3 N–H and O–H groups in total. The Morgan fingerprint density at radius 2 is 1.57 bits per heavy atom. The summed E-state index contributed by atoms with van der Waals surface area (Å²) in [6.45, 7) is 0.890. The number of hydrogen-bond acceptors (Lipinski definition) is 6. The van der Waals surface area contributed by atoms with Crippen LogP contribution in [0.5, 0.6) is 0 Å². The molecule has 0 aliphatic rings. The van der Waals surface area contributed by atoms with Gasteiger partial charge in [0, 0.05) is 5.56 Å². The lowest BCUT2D eigenvalue weighted by molar-refractivity contribution is -0.202. The highest BCUT2D eigenvalue weighted by atomic mass is 16.6. The standard InChI is InChI=1S/C14H16O7/c1-13(19,11(16)17)14(2,20)12(18)21-8-10(15)9-6-4-3-5-7-9/h3-7,19-20H,8H2,1-2H3,(H,16,17). The second kappa shape index (κ2) is 6.02. The molecule has 0 amide bonds. The molecule has 0 aromatic heterocycles. The molecule has 0 aliphatic carbocycles. The van der Waals surface area contributed by atoms with Gasteiger partial charge in [-0.3, -0.25) is 4.79 Å². The van der Waals surface area contributed by atoms with Crippen molar-refractivity contribution >= 4 is 17.7 Å². The molecule has 2 atom stereocenters. The fourth-order valence-electron chi connectivity index (χ4n) is 1.39. The number of carbonyl (C=O) groups excluding carboxylic acids is 2. The summed E-state index contributed by atoms with van der Waals surface area (Å²) in [6, 6.07) is 7.99. The molecule has 21 heavy (non-hydrogen) atoms. The van der Waals surface area contributed by atoms with E-state index in [1.165, 1.54) is 12.1 Å². The smallest absolute Gasteiger partial charge is 0.341 e. The topological polar surface area (TPSA) is 121 Å². The van der Waals surface area contributed by atoms with Crippen molar-refractivity contribution in [3.05, 3.63) is 35.9 Å². The summed E-state index contributed by atoms with van der Waals surface area (Å²) in [6.07, 6.45) is 0. The van der Waals surface area contributed by atoms with Crippen molar-refractivity contribution in [2.75, 3.05) is 6.61 Å². The Morgan fingerprint density at radius 1 is 1.05 bits per heavy atom.